The minimum Gasteiger partial charge on any atom is -0.352 e. The van der Waals surface area contributed by atoms with Crippen molar-refractivity contribution in [2.75, 3.05) is 6.54 Å². The Bertz CT molecular complexity index is 443. The normalized spacial score (nSPS) is 18.6. The van der Waals surface area contributed by atoms with Gasteiger partial charge in [0.1, 0.15) is 0 Å². The first-order chi connectivity index (χ1) is 8.89. The Kier molecular flexibility index (Phi) is 5.16. The van der Waals surface area contributed by atoms with Gasteiger partial charge in [0.2, 0.25) is 0 Å². The van der Waals surface area contributed by atoms with Crippen molar-refractivity contribution in [3.63, 3.8) is 0 Å². The van der Waals surface area contributed by atoms with Crippen molar-refractivity contribution in [3.8, 4) is 0 Å². The van der Waals surface area contributed by atoms with Gasteiger partial charge >= 0.3 is 0 Å². The lowest BCUT2D eigenvalue weighted by atomic mass is 9.73. The smallest absolute Gasteiger partial charge is 0.251 e. The molecular weight excluding hydrogens is 234 g/mol. The van der Waals surface area contributed by atoms with E-state index in [1.54, 1.807) is 0 Å². The molecule has 106 valence electrons. The third-order valence-electron chi connectivity index (χ3n) is 3.59. The van der Waals surface area contributed by atoms with Crippen molar-refractivity contribution >= 4 is 5.91 Å². The quantitative estimate of drug-likeness (QED) is 0.742. The van der Waals surface area contributed by atoms with Crippen molar-refractivity contribution in [1.29, 1.82) is 0 Å². The van der Waals surface area contributed by atoms with E-state index in [4.69, 9.17) is 0 Å². The van der Waals surface area contributed by atoms with E-state index in [0.717, 1.165) is 18.5 Å². The van der Waals surface area contributed by atoms with Gasteiger partial charge in [0.25, 0.3) is 5.91 Å². The topological polar surface area (TPSA) is 29.1 Å². The van der Waals surface area contributed by atoms with Crippen molar-refractivity contribution in [2.24, 2.45) is 5.41 Å². The summed E-state index contributed by atoms with van der Waals surface area (Å²) in [5.41, 5.74) is 3.49. The Morgan fingerprint density at radius 3 is 2.42 bits per heavy atom. The largest absolute Gasteiger partial charge is 0.352 e. The molecule has 2 heteroatoms. The zero-order chi connectivity index (χ0) is 14.6. The molecule has 1 amide bonds. The lowest BCUT2D eigenvalue weighted by Crippen LogP contribution is -2.23. The molecule has 1 aliphatic rings. The van der Waals surface area contributed by atoms with Crippen LogP contribution >= 0.6 is 0 Å². The summed E-state index contributed by atoms with van der Waals surface area (Å²) in [7, 11) is 0. The van der Waals surface area contributed by atoms with Gasteiger partial charge in [0.05, 0.1) is 0 Å². The van der Waals surface area contributed by atoms with Gasteiger partial charge < -0.3 is 5.32 Å². The lowest BCUT2D eigenvalue weighted by Gasteiger charge is -2.31. The van der Waals surface area contributed by atoms with Gasteiger partial charge in [-0.3, -0.25) is 4.79 Å². The van der Waals surface area contributed by atoms with Gasteiger partial charge in [-0.05, 0) is 36.3 Å². The van der Waals surface area contributed by atoms with Crippen LogP contribution in [0.2, 0.25) is 0 Å². The zero-order valence-electron chi connectivity index (χ0n) is 13.1. The fourth-order valence-corrected chi connectivity index (χ4v) is 2.66. The maximum Gasteiger partial charge on any atom is 0.251 e. The van der Waals surface area contributed by atoms with Gasteiger partial charge in [-0.1, -0.05) is 52.3 Å². The monoisotopic (exact) mass is 261 g/mol. The highest BCUT2D eigenvalue weighted by Crippen LogP contribution is 2.40. The molecule has 0 spiro atoms. The molecule has 0 saturated heterocycles. The Morgan fingerprint density at radius 1 is 1.21 bits per heavy atom. The predicted molar refractivity (Wildman–Crippen MR) is 81.7 cm³/mol. The number of hydrogen-bond acceptors (Lipinski definition) is 1. The standard InChI is InChI=1S/C15H21NO.C2H6/c1-10-5-6-11-12(9-10)13(15(2,3)4)7-8-16-14(11)17;1-2/h5-6,9,13H,7-8H2,1-4H3,(H,16,17);1-2H3. The van der Waals surface area contributed by atoms with Crippen LogP contribution in [-0.2, 0) is 0 Å². The number of benzene rings is 1. The first-order valence-corrected chi connectivity index (χ1v) is 7.28. The highest BCUT2D eigenvalue weighted by molar-refractivity contribution is 5.96. The predicted octanol–water partition coefficient (Wildman–Crippen LogP) is 4.28. The van der Waals surface area contributed by atoms with E-state index in [0.29, 0.717) is 5.92 Å². The second kappa shape index (κ2) is 6.23. The molecule has 0 fully saturated rings. The SMILES string of the molecule is CC.Cc1ccc2c(c1)C(C(C)(C)C)CCNC2=O. The maximum absolute atomic E-state index is 12.0. The van der Waals surface area contributed by atoms with Gasteiger partial charge in [-0.25, -0.2) is 0 Å². The molecule has 1 aromatic rings. The van der Waals surface area contributed by atoms with Crippen molar-refractivity contribution in [3.05, 3.63) is 34.9 Å². The second-order valence-corrected chi connectivity index (χ2v) is 6.05. The molecule has 0 saturated carbocycles. The minimum absolute atomic E-state index is 0.0757. The minimum atomic E-state index is 0.0757. The molecule has 0 bridgehead atoms. The third kappa shape index (κ3) is 3.59. The number of nitrogens with one attached hydrogen (secondary N) is 1. The van der Waals surface area contributed by atoms with Crippen LogP contribution < -0.4 is 5.32 Å². The fourth-order valence-electron chi connectivity index (χ4n) is 2.66. The number of carbonyl (C=O) groups is 1. The summed E-state index contributed by atoms with van der Waals surface area (Å²) < 4.78 is 0. The summed E-state index contributed by atoms with van der Waals surface area (Å²) in [6.45, 7) is 13.6. The summed E-state index contributed by atoms with van der Waals surface area (Å²) in [6.07, 6.45) is 1.02. The van der Waals surface area contributed by atoms with Crippen LogP contribution in [0, 0.1) is 12.3 Å². The van der Waals surface area contributed by atoms with Crippen molar-refractivity contribution in [1.82, 2.24) is 5.32 Å². The van der Waals surface area contributed by atoms with Crippen molar-refractivity contribution < 1.29 is 4.79 Å². The van der Waals surface area contributed by atoms with Crippen LogP contribution in [-0.4, -0.2) is 12.5 Å². The number of carbonyl (C=O) groups excluding carboxylic acids is 1. The second-order valence-electron chi connectivity index (χ2n) is 6.05. The Hall–Kier alpha value is -1.31. The van der Waals surface area contributed by atoms with Crippen LogP contribution in [0.15, 0.2) is 18.2 Å². The van der Waals surface area contributed by atoms with Crippen molar-refractivity contribution in [2.45, 2.75) is 53.9 Å². The van der Waals surface area contributed by atoms with E-state index in [2.05, 4.69) is 39.1 Å². The third-order valence-corrected chi connectivity index (χ3v) is 3.59. The molecule has 2 nitrogen and oxygen atoms in total. The van der Waals surface area contributed by atoms with Crippen LogP contribution in [0.4, 0.5) is 0 Å². The van der Waals surface area contributed by atoms with Gasteiger partial charge in [-0.2, -0.15) is 0 Å². The van der Waals surface area contributed by atoms with Gasteiger partial charge in [-0.15, -0.1) is 0 Å². The average molecular weight is 261 g/mol. The van der Waals surface area contributed by atoms with E-state index >= 15 is 0 Å². The molecule has 0 aromatic heterocycles. The van der Waals surface area contributed by atoms with Crippen LogP contribution in [0.5, 0.6) is 0 Å². The molecule has 2 rings (SSSR count). The fraction of sp³-hybridized carbons (Fsp3) is 0.588. The number of aryl methyl sites for hydroxylation is 1. The summed E-state index contributed by atoms with van der Waals surface area (Å²) in [5, 5.41) is 2.98. The summed E-state index contributed by atoms with van der Waals surface area (Å²) >= 11 is 0. The van der Waals surface area contributed by atoms with Crippen LogP contribution in [0.25, 0.3) is 0 Å². The Morgan fingerprint density at radius 2 is 1.84 bits per heavy atom. The first kappa shape index (κ1) is 15.7. The molecule has 1 atom stereocenters. The van der Waals surface area contributed by atoms with Crippen LogP contribution in [0.3, 0.4) is 0 Å². The molecule has 1 heterocycles. The highest BCUT2D eigenvalue weighted by Gasteiger charge is 2.31. The van der Waals surface area contributed by atoms with Gasteiger partial charge in [0.15, 0.2) is 0 Å². The molecule has 19 heavy (non-hydrogen) atoms. The van der Waals surface area contributed by atoms with E-state index in [1.807, 2.05) is 26.0 Å². The molecular formula is C17H27NO. The van der Waals surface area contributed by atoms with E-state index in [-0.39, 0.29) is 11.3 Å². The molecule has 0 aliphatic carbocycles. The summed E-state index contributed by atoms with van der Waals surface area (Å²) in [4.78, 5) is 12.0. The molecule has 1 N–H and O–H groups in total. The van der Waals surface area contributed by atoms with E-state index < -0.39 is 0 Å². The number of hydrogen-bond donors (Lipinski definition) is 1. The molecule has 0 radical (unpaired) electrons. The van der Waals surface area contributed by atoms with E-state index in [1.165, 1.54) is 11.1 Å². The summed E-state index contributed by atoms with van der Waals surface area (Å²) in [5.74, 6) is 0.517. The number of rotatable bonds is 0. The average Bonchev–Trinajstić information content (AvgIpc) is 2.50. The Labute approximate surface area is 117 Å². The van der Waals surface area contributed by atoms with E-state index in [9.17, 15) is 4.79 Å². The molecule has 1 aromatic carbocycles. The number of fused-ring (bicyclic) bond motifs is 1. The molecule has 1 unspecified atom stereocenters. The number of amides is 1. The lowest BCUT2D eigenvalue weighted by molar-refractivity contribution is 0.0956. The van der Waals surface area contributed by atoms with Gasteiger partial charge in [0, 0.05) is 12.1 Å². The van der Waals surface area contributed by atoms with Crippen LogP contribution in [0.1, 0.15) is 68.4 Å². The zero-order valence-corrected chi connectivity index (χ0v) is 13.1. The maximum atomic E-state index is 12.0. The first-order valence-electron chi connectivity index (χ1n) is 7.28. The molecule has 1 aliphatic heterocycles. The highest BCUT2D eigenvalue weighted by atomic mass is 16.1. The Balaban J connectivity index is 0.000000861. The summed E-state index contributed by atoms with van der Waals surface area (Å²) in [6, 6.07) is 6.16.